The summed E-state index contributed by atoms with van der Waals surface area (Å²) in [6.07, 6.45) is 1.88. The van der Waals surface area contributed by atoms with Crippen molar-refractivity contribution >= 4 is 5.69 Å². The summed E-state index contributed by atoms with van der Waals surface area (Å²) in [5, 5.41) is 13.7. The lowest BCUT2D eigenvalue weighted by Gasteiger charge is -2.03. The number of hydrogen-bond donors (Lipinski definition) is 2. The Balaban J connectivity index is 1.85. The van der Waals surface area contributed by atoms with E-state index in [9.17, 15) is 10.1 Å². The highest BCUT2D eigenvalue weighted by molar-refractivity contribution is 5.32. The van der Waals surface area contributed by atoms with Gasteiger partial charge in [0.25, 0.3) is 5.69 Å². The maximum absolute atomic E-state index is 10.5. The van der Waals surface area contributed by atoms with E-state index in [1.807, 2.05) is 18.3 Å². The number of aromatic amines is 1. The molecule has 1 aromatic carbocycles. The van der Waals surface area contributed by atoms with Crippen LogP contribution in [0.15, 0.2) is 42.6 Å². The van der Waals surface area contributed by atoms with Gasteiger partial charge in [0.1, 0.15) is 0 Å². The minimum atomic E-state index is -0.393. The fraction of sp³-hybridized carbons (Fsp3) is 0.167. The number of aromatic nitrogens is 1. The molecule has 0 aliphatic heterocycles. The van der Waals surface area contributed by atoms with Crippen LogP contribution in [0.3, 0.4) is 0 Å². The van der Waals surface area contributed by atoms with E-state index < -0.39 is 4.92 Å². The van der Waals surface area contributed by atoms with Gasteiger partial charge in [0, 0.05) is 37.1 Å². The van der Waals surface area contributed by atoms with E-state index in [0.29, 0.717) is 6.54 Å². The number of nitro benzene ring substituents is 1. The van der Waals surface area contributed by atoms with Crippen molar-refractivity contribution in [1.82, 2.24) is 10.3 Å². The number of nitro groups is 1. The molecule has 0 unspecified atom stereocenters. The van der Waals surface area contributed by atoms with Crippen LogP contribution in [0.1, 0.15) is 11.3 Å². The summed E-state index contributed by atoms with van der Waals surface area (Å²) in [5.41, 5.74) is 2.27. The lowest BCUT2D eigenvalue weighted by atomic mass is 10.2. The second-order valence-corrected chi connectivity index (χ2v) is 3.72. The molecule has 0 aliphatic rings. The summed E-state index contributed by atoms with van der Waals surface area (Å²) in [6, 6.07) is 10.5. The summed E-state index contributed by atoms with van der Waals surface area (Å²) in [6.45, 7) is 1.45. The normalized spacial score (nSPS) is 10.4. The highest BCUT2D eigenvalue weighted by Gasteiger charge is 2.03. The molecule has 0 saturated heterocycles. The molecule has 0 aliphatic carbocycles. The first-order valence-corrected chi connectivity index (χ1v) is 5.32. The zero-order valence-corrected chi connectivity index (χ0v) is 9.22. The minimum absolute atomic E-state index is 0.123. The predicted molar refractivity (Wildman–Crippen MR) is 64.4 cm³/mol. The Bertz CT molecular complexity index is 477. The molecular formula is C12H13N3O2. The maximum atomic E-state index is 10.5. The average molecular weight is 231 g/mol. The molecule has 17 heavy (non-hydrogen) atoms. The third-order valence-corrected chi connectivity index (χ3v) is 2.45. The van der Waals surface area contributed by atoms with Gasteiger partial charge in [0.05, 0.1) is 4.92 Å². The van der Waals surface area contributed by atoms with Gasteiger partial charge in [-0.1, -0.05) is 12.1 Å². The predicted octanol–water partition coefficient (Wildman–Crippen LogP) is 2.21. The number of non-ortho nitro benzene ring substituents is 1. The van der Waals surface area contributed by atoms with Gasteiger partial charge >= 0.3 is 0 Å². The molecule has 2 aromatic rings. The standard InChI is InChI=1S/C12H13N3O2/c16-15(17)12-5-3-10(4-6-12)8-13-9-11-2-1-7-14-11/h1-7,13-14H,8-9H2. The second kappa shape index (κ2) is 5.27. The van der Waals surface area contributed by atoms with Gasteiger partial charge in [0.2, 0.25) is 0 Å². The van der Waals surface area contributed by atoms with Gasteiger partial charge in [-0.25, -0.2) is 0 Å². The number of rotatable bonds is 5. The molecule has 1 aromatic heterocycles. The zero-order valence-electron chi connectivity index (χ0n) is 9.22. The third-order valence-electron chi connectivity index (χ3n) is 2.45. The van der Waals surface area contributed by atoms with Gasteiger partial charge in [-0.2, -0.15) is 0 Å². The highest BCUT2D eigenvalue weighted by atomic mass is 16.6. The molecule has 0 fully saturated rings. The second-order valence-electron chi connectivity index (χ2n) is 3.72. The fourth-order valence-corrected chi connectivity index (χ4v) is 1.55. The van der Waals surface area contributed by atoms with E-state index in [4.69, 9.17) is 0 Å². The summed E-state index contributed by atoms with van der Waals surface area (Å²) in [7, 11) is 0. The van der Waals surface area contributed by atoms with Gasteiger partial charge in [-0.05, 0) is 17.7 Å². The van der Waals surface area contributed by atoms with Crippen LogP contribution in [0.2, 0.25) is 0 Å². The van der Waals surface area contributed by atoms with Crippen LogP contribution in [-0.2, 0) is 13.1 Å². The summed E-state index contributed by atoms with van der Waals surface area (Å²) in [4.78, 5) is 13.2. The molecule has 0 bridgehead atoms. The lowest BCUT2D eigenvalue weighted by molar-refractivity contribution is -0.384. The number of nitrogens with one attached hydrogen (secondary N) is 2. The first-order valence-electron chi connectivity index (χ1n) is 5.32. The van der Waals surface area contributed by atoms with Crippen LogP contribution in [0.25, 0.3) is 0 Å². The van der Waals surface area contributed by atoms with Gasteiger partial charge in [-0.3, -0.25) is 10.1 Å². The smallest absolute Gasteiger partial charge is 0.269 e. The molecule has 5 nitrogen and oxygen atoms in total. The van der Waals surface area contributed by atoms with Crippen LogP contribution in [-0.4, -0.2) is 9.91 Å². The quantitative estimate of drug-likeness (QED) is 0.612. The molecule has 0 saturated carbocycles. The Hall–Kier alpha value is -2.14. The van der Waals surface area contributed by atoms with Crippen LogP contribution >= 0.6 is 0 Å². The van der Waals surface area contributed by atoms with E-state index in [1.165, 1.54) is 12.1 Å². The Labute approximate surface area is 98.6 Å². The highest BCUT2D eigenvalue weighted by Crippen LogP contribution is 2.11. The zero-order chi connectivity index (χ0) is 12.1. The molecule has 0 radical (unpaired) electrons. The van der Waals surface area contributed by atoms with Crippen molar-refractivity contribution in [1.29, 1.82) is 0 Å². The average Bonchev–Trinajstić information content (AvgIpc) is 2.83. The molecule has 0 spiro atoms. The molecule has 2 rings (SSSR count). The SMILES string of the molecule is O=[N+]([O-])c1ccc(CNCc2ccc[nH]2)cc1. The first kappa shape index (κ1) is 11.3. The first-order chi connectivity index (χ1) is 8.25. The fourth-order valence-electron chi connectivity index (χ4n) is 1.55. The number of nitrogens with zero attached hydrogens (tertiary/aromatic N) is 1. The number of hydrogen-bond acceptors (Lipinski definition) is 3. The summed E-state index contributed by atoms with van der Waals surface area (Å²) >= 11 is 0. The maximum Gasteiger partial charge on any atom is 0.269 e. The van der Waals surface area contributed by atoms with Crippen molar-refractivity contribution in [3.8, 4) is 0 Å². The van der Waals surface area contributed by atoms with E-state index >= 15 is 0 Å². The lowest BCUT2D eigenvalue weighted by Crippen LogP contribution is -2.12. The Kier molecular flexibility index (Phi) is 3.52. The molecule has 1 heterocycles. The van der Waals surface area contributed by atoms with E-state index in [1.54, 1.807) is 12.1 Å². The van der Waals surface area contributed by atoms with Crippen LogP contribution < -0.4 is 5.32 Å². The monoisotopic (exact) mass is 231 g/mol. The topological polar surface area (TPSA) is 71.0 Å². The van der Waals surface area contributed by atoms with Crippen molar-refractivity contribution in [3.05, 3.63) is 64.0 Å². The largest absolute Gasteiger partial charge is 0.364 e. The molecule has 88 valence electrons. The number of benzene rings is 1. The Morgan fingerprint density at radius 2 is 1.94 bits per heavy atom. The van der Waals surface area contributed by atoms with Crippen LogP contribution in [0.4, 0.5) is 5.69 Å². The van der Waals surface area contributed by atoms with Gasteiger partial charge in [-0.15, -0.1) is 0 Å². The molecular weight excluding hydrogens is 218 g/mol. The van der Waals surface area contributed by atoms with Crippen molar-refractivity contribution in [2.75, 3.05) is 0 Å². The number of H-pyrrole nitrogens is 1. The van der Waals surface area contributed by atoms with Crippen LogP contribution in [0, 0.1) is 10.1 Å². The summed E-state index contributed by atoms with van der Waals surface area (Å²) < 4.78 is 0. The molecule has 5 heteroatoms. The summed E-state index contributed by atoms with van der Waals surface area (Å²) in [5.74, 6) is 0. The van der Waals surface area contributed by atoms with Crippen molar-refractivity contribution in [3.63, 3.8) is 0 Å². The van der Waals surface area contributed by atoms with Crippen molar-refractivity contribution in [2.45, 2.75) is 13.1 Å². The molecule has 0 atom stereocenters. The van der Waals surface area contributed by atoms with Gasteiger partial charge < -0.3 is 10.3 Å². The minimum Gasteiger partial charge on any atom is -0.364 e. The van der Waals surface area contributed by atoms with Crippen molar-refractivity contribution in [2.24, 2.45) is 0 Å². The van der Waals surface area contributed by atoms with E-state index in [-0.39, 0.29) is 5.69 Å². The van der Waals surface area contributed by atoms with Crippen LogP contribution in [0.5, 0.6) is 0 Å². The van der Waals surface area contributed by atoms with E-state index in [2.05, 4.69) is 10.3 Å². The van der Waals surface area contributed by atoms with Crippen molar-refractivity contribution < 1.29 is 4.92 Å². The third kappa shape index (κ3) is 3.15. The van der Waals surface area contributed by atoms with Gasteiger partial charge in [0.15, 0.2) is 0 Å². The molecule has 2 N–H and O–H groups in total. The van der Waals surface area contributed by atoms with E-state index in [0.717, 1.165) is 17.8 Å². The molecule has 0 amide bonds. The Morgan fingerprint density at radius 3 is 2.53 bits per heavy atom. The Morgan fingerprint density at radius 1 is 1.18 bits per heavy atom.